The summed E-state index contributed by atoms with van der Waals surface area (Å²) in [5.41, 5.74) is 2.85. The third-order valence-electron chi connectivity index (χ3n) is 3.29. The van der Waals surface area contributed by atoms with Gasteiger partial charge in [-0.3, -0.25) is 9.78 Å². The van der Waals surface area contributed by atoms with E-state index in [1.165, 1.54) is 5.56 Å². The van der Waals surface area contributed by atoms with Crippen LogP contribution in [0.25, 0.3) is 0 Å². The highest BCUT2D eigenvalue weighted by atomic mass is 16.1. The maximum Gasteiger partial charge on any atom is 0.242 e. The Kier molecular flexibility index (Phi) is 5.05. The fourth-order valence-electron chi connectivity index (χ4n) is 2.00. The number of nitriles is 1. The number of hydrogen-bond acceptors (Lipinski definition) is 3. The molecule has 0 aliphatic rings. The standard InChI is InChI=1S/C17H17N3O/c1-2-13-3-5-16(6-4-13)20-17(21)15(12-18)11-14-7-9-19-10-8-14/h3-10,15H,2,11H2,1H3,(H,20,21). The average molecular weight is 279 g/mol. The van der Waals surface area contributed by atoms with Gasteiger partial charge in [0.05, 0.1) is 6.07 Å². The van der Waals surface area contributed by atoms with Gasteiger partial charge < -0.3 is 5.32 Å². The first-order valence-electron chi connectivity index (χ1n) is 6.91. The predicted octanol–water partition coefficient (Wildman–Crippen LogP) is 2.96. The molecule has 21 heavy (non-hydrogen) atoms. The Morgan fingerprint density at radius 3 is 2.43 bits per heavy atom. The van der Waals surface area contributed by atoms with E-state index in [4.69, 9.17) is 0 Å². The second-order valence-corrected chi connectivity index (χ2v) is 4.78. The summed E-state index contributed by atoms with van der Waals surface area (Å²) < 4.78 is 0. The van der Waals surface area contributed by atoms with Crippen molar-refractivity contribution in [2.24, 2.45) is 5.92 Å². The van der Waals surface area contributed by atoms with Gasteiger partial charge in [-0.25, -0.2) is 0 Å². The molecule has 1 unspecified atom stereocenters. The number of aryl methyl sites for hydroxylation is 1. The first kappa shape index (κ1) is 14.7. The van der Waals surface area contributed by atoms with E-state index in [0.717, 1.165) is 12.0 Å². The molecule has 106 valence electrons. The summed E-state index contributed by atoms with van der Waals surface area (Å²) in [5.74, 6) is -0.989. The molecule has 2 aromatic rings. The molecule has 0 bridgehead atoms. The van der Waals surface area contributed by atoms with E-state index in [2.05, 4.69) is 23.3 Å². The second kappa shape index (κ2) is 7.20. The van der Waals surface area contributed by atoms with E-state index in [9.17, 15) is 10.1 Å². The molecule has 0 saturated heterocycles. The maximum absolute atomic E-state index is 12.2. The van der Waals surface area contributed by atoms with Crippen molar-refractivity contribution in [3.63, 3.8) is 0 Å². The van der Waals surface area contributed by atoms with Gasteiger partial charge in [0.2, 0.25) is 5.91 Å². The molecule has 1 atom stereocenters. The van der Waals surface area contributed by atoms with Gasteiger partial charge in [-0.2, -0.15) is 5.26 Å². The Bertz CT molecular complexity index is 629. The molecular formula is C17H17N3O. The van der Waals surface area contributed by atoms with Crippen LogP contribution >= 0.6 is 0 Å². The van der Waals surface area contributed by atoms with Crippen LogP contribution in [0.1, 0.15) is 18.1 Å². The fourth-order valence-corrected chi connectivity index (χ4v) is 2.00. The number of carbonyl (C=O) groups excluding carboxylic acids is 1. The van der Waals surface area contributed by atoms with E-state index in [-0.39, 0.29) is 5.91 Å². The van der Waals surface area contributed by atoms with Gasteiger partial charge in [0.1, 0.15) is 5.92 Å². The summed E-state index contributed by atoms with van der Waals surface area (Å²) in [6, 6.07) is 13.3. The maximum atomic E-state index is 12.2. The highest BCUT2D eigenvalue weighted by Crippen LogP contribution is 2.13. The number of aromatic nitrogens is 1. The number of carbonyl (C=O) groups is 1. The number of anilines is 1. The molecule has 0 aliphatic carbocycles. The van der Waals surface area contributed by atoms with E-state index >= 15 is 0 Å². The Labute approximate surface area is 124 Å². The molecule has 0 aliphatic heterocycles. The van der Waals surface area contributed by atoms with Gasteiger partial charge in [0.15, 0.2) is 0 Å². The van der Waals surface area contributed by atoms with Gasteiger partial charge in [-0.1, -0.05) is 19.1 Å². The molecule has 1 heterocycles. The average Bonchev–Trinajstić information content (AvgIpc) is 2.54. The topological polar surface area (TPSA) is 65.8 Å². The SMILES string of the molecule is CCc1ccc(NC(=O)C(C#N)Cc2ccncc2)cc1. The lowest BCUT2D eigenvalue weighted by atomic mass is 10.0. The van der Waals surface area contributed by atoms with E-state index < -0.39 is 5.92 Å². The van der Waals surface area contributed by atoms with E-state index in [0.29, 0.717) is 12.1 Å². The normalized spacial score (nSPS) is 11.4. The first-order valence-corrected chi connectivity index (χ1v) is 6.91. The van der Waals surface area contributed by atoms with Gasteiger partial charge >= 0.3 is 0 Å². The molecule has 4 heteroatoms. The molecule has 1 aromatic carbocycles. The number of benzene rings is 1. The van der Waals surface area contributed by atoms with Gasteiger partial charge in [-0.15, -0.1) is 0 Å². The Morgan fingerprint density at radius 2 is 1.86 bits per heavy atom. The number of pyridine rings is 1. The van der Waals surface area contributed by atoms with Crippen LogP contribution in [0, 0.1) is 17.2 Å². The molecule has 1 N–H and O–H groups in total. The van der Waals surface area contributed by atoms with Crippen molar-refractivity contribution in [1.82, 2.24) is 4.98 Å². The van der Waals surface area contributed by atoms with E-state index in [1.54, 1.807) is 12.4 Å². The Morgan fingerprint density at radius 1 is 1.19 bits per heavy atom. The van der Waals surface area contributed by atoms with Crippen molar-refractivity contribution in [2.75, 3.05) is 5.32 Å². The zero-order valence-electron chi connectivity index (χ0n) is 11.9. The molecule has 0 radical (unpaired) electrons. The molecular weight excluding hydrogens is 262 g/mol. The van der Waals surface area contributed by atoms with Crippen LogP contribution < -0.4 is 5.32 Å². The van der Waals surface area contributed by atoms with Crippen molar-refractivity contribution in [3.05, 3.63) is 59.9 Å². The molecule has 4 nitrogen and oxygen atoms in total. The highest BCUT2D eigenvalue weighted by Gasteiger charge is 2.18. The Balaban J connectivity index is 2.01. The molecule has 0 fully saturated rings. The zero-order chi connectivity index (χ0) is 15.1. The van der Waals surface area contributed by atoms with Crippen LogP contribution in [0.3, 0.4) is 0 Å². The summed E-state index contributed by atoms with van der Waals surface area (Å²) in [4.78, 5) is 16.1. The van der Waals surface area contributed by atoms with E-state index in [1.807, 2.05) is 36.4 Å². The molecule has 1 amide bonds. The monoisotopic (exact) mass is 279 g/mol. The quantitative estimate of drug-likeness (QED) is 0.915. The smallest absolute Gasteiger partial charge is 0.242 e. The fraction of sp³-hybridized carbons (Fsp3) is 0.235. The summed E-state index contributed by atoms with van der Waals surface area (Å²) in [6.45, 7) is 2.08. The van der Waals surface area contributed by atoms with Crippen molar-refractivity contribution in [2.45, 2.75) is 19.8 Å². The van der Waals surface area contributed by atoms with Crippen LogP contribution in [0.15, 0.2) is 48.8 Å². The lowest BCUT2D eigenvalue weighted by molar-refractivity contribution is -0.118. The highest BCUT2D eigenvalue weighted by molar-refractivity contribution is 5.94. The molecule has 0 spiro atoms. The minimum absolute atomic E-state index is 0.279. The summed E-state index contributed by atoms with van der Waals surface area (Å²) in [7, 11) is 0. The first-order chi connectivity index (χ1) is 10.2. The number of nitrogens with zero attached hydrogens (tertiary/aromatic N) is 2. The van der Waals surface area contributed by atoms with Crippen LogP contribution in [-0.2, 0) is 17.6 Å². The summed E-state index contributed by atoms with van der Waals surface area (Å²) >= 11 is 0. The summed E-state index contributed by atoms with van der Waals surface area (Å²) in [5, 5.41) is 12.0. The lowest BCUT2D eigenvalue weighted by Crippen LogP contribution is -2.23. The molecule has 0 saturated carbocycles. The predicted molar refractivity (Wildman–Crippen MR) is 81.5 cm³/mol. The van der Waals surface area contributed by atoms with Crippen molar-refractivity contribution >= 4 is 11.6 Å². The van der Waals surface area contributed by atoms with Crippen molar-refractivity contribution in [3.8, 4) is 6.07 Å². The third-order valence-corrected chi connectivity index (χ3v) is 3.29. The Hall–Kier alpha value is -2.67. The summed E-state index contributed by atoms with van der Waals surface area (Å²) in [6.07, 6.45) is 4.66. The number of hydrogen-bond donors (Lipinski definition) is 1. The lowest BCUT2D eigenvalue weighted by Gasteiger charge is -2.10. The van der Waals surface area contributed by atoms with Crippen LogP contribution in [0.2, 0.25) is 0 Å². The zero-order valence-corrected chi connectivity index (χ0v) is 11.9. The van der Waals surface area contributed by atoms with Gasteiger partial charge in [0.25, 0.3) is 0 Å². The van der Waals surface area contributed by atoms with Crippen LogP contribution in [0.5, 0.6) is 0 Å². The van der Waals surface area contributed by atoms with Crippen molar-refractivity contribution < 1.29 is 4.79 Å². The number of rotatable bonds is 5. The van der Waals surface area contributed by atoms with Gasteiger partial charge in [0, 0.05) is 18.1 Å². The van der Waals surface area contributed by atoms with Crippen LogP contribution in [0.4, 0.5) is 5.69 Å². The number of amides is 1. The largest absolute Gasteiger partial charge is 0.325 e. The minimum Gasteiger partial charge on any atom is -0.325 e. The molecule has 1 aromatic heterocycles. The third kappa shape index (κ3) is 4.15. The minimum atomic E-state index is -0.710. The second-order valence-electron chi connectivity index (χ2n) is 4.78. The van der Waals surface area contributed by atoms with Crippen molar-refractivity contribution in [1.29, 1.82) is 5.26 Å². The number of nitrogens with one attached hydrogen (secondary N) is 1. The molecule has 2 rings (SSSR count). The van der Waals surface area contributed by atoms with Crippen LogP contribution in [-0.4, -0.2) is 10.9 Å². The van der Waals surface area contributed by atoms with Gasteiger partial charge in [-0.05, 0) is 48.2 Å².